The Bertz CT molecular complexity index is 465. The highest BCUT2D eigenvalue weighted by atomic mass is 16.5. The van der Waals surface area contributed by atoms with Gasteiger partial charge in [-0.25, -0.2) is 4.98 Å². The summed E-state index contributed by atoms with van der Waals surface area (Å²) in [6.45, 7) is 3.54. The molecule has 1 heterocycles. The number of aromatic nitrogens is 2. The number of benzene rings is 1. The topological polar surface area (TPSA) is 53.1 Å². The van der Waals surface area contributed by atoms with Crippen LogP contribution in [0.3, 0.4) is 0 Å². The zero-order valence-corrected chi connectivity index (χ0v) is 10.6. The summed E-state index contributed by atoms with van der Waals surface area (Å²) < 4.78 is 7.72. The van der Waals surface area contributed by atoms with E-state index in [1.807, 2.05) is 49.8 Å². The normalized spacial score (nSPS) is 12.3. The van der Waals surface area contributed by atoms with Crippen molar-refractivity contribution in [1.82, 2.24) is 9.55 Å². The third-order valence-electron chi connectivity index (χ3n) is 2.77. The first-order valence-corrected chi connectivity index (χ1v) is 6.21. The number of nitrogens with two attached hydrogens (primary N) is 1. The van der Waals surface area contributed by atoms with Gasteiger partial charge in [-0.05, 0) is 25.5 Å². The SMILES string of the molecule is CC(N)c1cncn1CCCOc1ccccc1. The van der Waals surface area contributed by atoms with Gasteiger partial charge in [-0.3, -0.25) is 0 Å². The standard InChI is InChI=1S/C14H19N3O/c1-12(15)14-10-16-11-17(14)8-5-9-18-13-6-3-2-4-7-13/h2-4,6-7,10-12H,5,8-9,15H2,1H3. The Morgan fingerprint density at radius 2 is 2.11 bits per heavy atom. The molecule has 0 saturated carbocycles. The molecule has 0 spiro atoms. The Hall–Kier alpha value is -1.81. The third kappa shape index (κ3) is 3.34. The maximum absolute atomic E-state index is 5.86. The molecule has 0 aliphatic carbocycles. The zero-order chi connectivity index (χ0) is 12.8. The number of aryl methyl sites for hydroxylation is 1. The molecular formula is C14H19N3O. The molecule has 0 fully saturated rings. The number of para-hydroxylation sites is 1. The Morgan fingerprint density at radius 3 is 2.83 bits per heavy atom. The first-order valence-electron chi connectivity index (χ1n) is 6.21. The van der Waals surface area contributed by atoms with Gasteiger partial charge in [0.15, 0.2) is 0 Å². The number of hydrogen-bond donors (Lipinski definition) is 1. The van der Waals surface area contributed by atoms with Gasteiger partial charge in [0.2, 0.25) is 0 Å². The van der Waals surface area contributed by atoms with Crippen molar-refractivity contribution in [2.75, 3.05) is 6.61 Å². The second-order valence-corrected chi connectivity index (χ2v) is 4.32. The predicted octanol–water partition coefficient (Wildman–Crippen LogP) is 2.37. The van der Waals surface area contributed by atoms with Gasteiger partial charge in [0.1, 0.15) is 5.75 Å². The molecule has 1 unspecified atom stereocenters. The lowest BCUT2D eigenvalue weighted by atomic mass is 10.2. The molecule has 1 aromatic carbocycles. The Kier molecular flexibility index (Phi) is 4.36. The fourth-order valence-corrected chi connectivity index (χ4v) is 1.84. The van der Waals surface area contributed by atoms with Crippen LogP contribution >= 0.6 is 0 Å². The van der Waals surface area contributed by atoms with E-state index in [1.54, 1.807) is 0 Å². The maximum atomic E-state index is 5.86. The van der Waals surface area contributed by atoms with Gasteiger partial charge in [-0.1, -0.05) is 18.2 Å². The molecule has 4 nitrogen and oxygen atoms in total. The second-order valence-electron chi connectivity index (χ2n) is 4.32. The minimum Gasteiger partial charge on any atom is -0.494 e. The second kappa shape index (κ2) is 6.21. The van der Waals surface area contributed by atoms with Gasteiger partial charge < -0.3 is 15.0 Å². The summed E-state index contributed by atoms with van der Waals surface area (Å²) in [4.78, 5) is 4.12. The summed E-state index contributed by atoms with van der Waals surface area (Å²) in [5, 5.41) is 0. The van der Waals surface area contributed by atoms with E-state index in [2.05, 4.69) is 9.55 Å². The molecule has 0 radical (unpaired) electrons. The molecule has 96 valence electrons. The number of nitrogens with zero attached hydrogens (tertiary/aromatic N) is 2. The highest BCUT2D eigenvalue weighted by Crippen LogP contribution is 2.11. The average molecular weight is 245 g/mol. The van der Waals surface area contributed by atoms with Gasteiger partial charge in [-0.15, -0.1) is 0 Å². The average Bonchev–Trinajstić information content (AvgIpc) is 2.84. The molecule has 1 atom stereocenters. The fourth-order valence-electron chi connectivity index (χ4n) is 1.84. The lowest BCUT2D eigenvalue weighted by Crippen LogP contribution is -2.13. The van der Waals surface area contributed by atoms with E-state index in [9.17, 15) is 0 Å². The highest BCUT2D eigenvalue weighted by molar-refractivity contribution is 5.20. The first kappa shape index (κ1) is 12.6. The molecule has 2 N–H and O–H groups in total. The third-order valence-corrected chi connectivity index (χ3v) is 2.77. The van der Waals surface area contributed by atoms with Crippen LogP contribution in [0.1, 0.15) is 25.1 Å². The molecule has 0 aliphatic rings. The predicted molar refractivity (Wildman–Crippen MR) is 71.4 cm³/mol. The molecular weight excluding hydrogens is 226 g/mol. The van der Waals surface area contributed by atoms with Crippen molar-refractivity contribution in [1.29, 1.82) is 0 Å². The molecule has 2 rings (SSSR count). The molecule has 18 heavy (non-hydrogen) atoms. The van der Waals surface area contributed by atoms with Crippen LogP contribution in [0.25, 0.3) is 0 Å². The van der Waals surface area contributed by atoms with Gasteiger partial charge in [0.25, 0.3) is 0 Å². The summed E-state index contributed by atoms with van der Waals surface area (Å²) in [7, 11) is 0. The van der Waals surface area contributed by atoms with Crippen molar-refractivity contribution in [2.24, 2.45) is 5.73 Å². The van der Waals surface area contributed by atoms with Gasteiger partial charge in [0, 0.05) is 18.8 Å². The van der Waals surface area contributed by atoms with E-state index in [4.69, 9.17) is 10.5 Å². The first-order chi connectivity index (χ1) is 8.77. The quantitative estimate of drug-likeness (QED) is 0.795. The summed E-state index contributed by atoms with van der Waals surface area (Å²) in [6, 6.07) is 9.86. The van der Waals surface area contributed by atoms with Crippen molar-refractivity contribution >= 4 is 0 Å². The van der Waals surface area contributed by atoms with Crippen molar-refractivity contribution in [3.05, 3.63) is 48.5 Å². The van der Waals surface area contributed by atoms with E-state index in [-0.39, 0.29) is 6.04 Å². The maximum Gasteiger partial charge on any atom is 0.119 e. The van der Waals surface area contributed by atoms with E-state index in [1.165, 1.54) is 0 Å². The smallest absolute Gasteiger partial charge is 0.119 e. The molecule has 4 heteroatoms. The van der Waals surface area contributed by atoms with Crippen LogP contribution < -0.4 is 10.5 Å². The van der Waals surface area contributed by atoms with Crippen molar-refractivity contribution in [3.8, 4) is 5.75 Å². The van der Waals surface area contributed by atoms with Gasteiger partial charge >= 0.3 is 0 Å². The minimum absolute atomic E-state index is 0.0162. The lowest BCUT2D eigenvalue weighted by Gasteiger charge is -2.11. The van der Waals surface area contributed by atoms with Crippen LogP contribution in [0.2, 0.25) is 0 Å². The molecule has 2 aromatic rings. The number of imidazole rings is 1. The summed E-state index contributed by atoms with van der Waals surface area (Å²) in [5.41, 5.74) is 6.93. The molecule has 0 amide bonds. The summed E-state index contributed by atoms with van der Waals surface area (Å²) in [6.07, 6.45) is 4.58. The largest absolute Gasteiger partial charge is 0.494 e. The fraction of sp³-hybridized carbons (Fsp3) is 0.357. The monoisotopic (exact) mass is 245 g/mol. The van der Waals surface area contributed by atoms with Gasteiger partial charge in [0.05, 0.1) is 18.6 Å². The lowest BCUT2D eigenvalue weighted by molar-refractivity contribution is 0.300. The minimum atomic E-state index is 0.0162. The molecule has 1 aromatic heterocycles. The number of hydrogen-bond acceptors (Lipinski definition) is 3. The Balaban J connectivity index is 1.77. The molecule has 0 aliphatic heterocycles. The van der Waals surface area contributed by atoms with E-state index >= 15 is 0 Å². The Morgan fingerprint density at radius 1 is 1.33 bits per heavy atom. The molecule has 0 saturated heterocycles. The van der Waals surface area contributed by atoms with Gasteiger partial charge in [-0.2, -0.15) is 0 Å². The van der Waals surface area contributed by atoms with E-state index < -0.39 is 0 Å². The highest BCUT2D eigenvalue weighted by Gasteiger charge is 2.05. The summed E-state index contributed by atoms with van der Waals surface area (Å²) in [5.74, 6) is 0.913. The van der Waals surface area contributed by atoms with Crippen LogP contribution in [0.15, 0.2) is 42.9 Å². The van der Waals surface area contributed by atoms with Crippen molar-refractivity contribution in [2.45, 2.75) is 25.9 Å². The zero-order valence-electron chi connectivity index (χ0n) is 10.6. The van der Waals surface area contributed by atoms with E-state index in [0.717, 1.165) is 24.4 Å². The van der Waals surface area contributed by atoms with Crippen LogP contribution in [0.5, 0.6) is 5.75 Å². The van der Waals surface area contributed by atoms with Crippen molar-refractivity contribution < 1.29 is 4.74 Å². The van der Waals surface area contributed by atoms with Crippen LogP contribution in [-0.2, 0) is 6.54 Å². The Labute approximate surface area is 107 Å². The number of rotatable bonds is 6. The van der Waals surface area contributed by atoms with Crippen LogP contribution in [-0.4, -0.2) is 16.2 Å². The van der Waals surface area contributed by atoms with Crippen molar-refractivity contribution in [3.63, 3.8) is 0 Å². The number of ether oxygens (including phenoxy) is 1. The summed E-state index contributed by atoms with van der Waals surface area (Å²) >= 11 is 0. The van der Waals surface area contributed by atoms with Crippen LogP contribution in [0, 0.1) is 0 Å². The van der Waals surface area contributed by atoms with E-state index in [0.29, 0.717) is 6.61 Å². The molecule has 0 bridgehead atoms. The van der Waals surface area contributed by atoms with Crippen LogP contribution in [0.4, 0.5) is 0 Å².